The molecule has 3 aromatic rings. The van der Waals surface area contributed by atoms with Gasteiger partial charge in [0.25, 0.3) is 0 Å². The molecule has 0 atom stereocenters. The summed E-state index contributed by atoms with van der Waals surface area (Å²) >= 11 is 0. The Morgan fingerprint density at radius 2 is 0.807 bits per heavy atom. The Morgan fingerprint density at radius 3 is 1.26 bits per heavy atom. The van der Waals surface area contributed by atoms with E-state index in [0.29, 0.717) is 0 Å². The molecule has 0 bridgehead atoms. The SMILES string of the molecule is C(#Cc1ccc(OCCCN2CCCCC2)cc1)CCN1CCCCC1.Cl.Cl.c1cc(-c2ccc(OCCCN3CCCCC3)cc2)ccc1CN1CCCCC1. The number of halogens is 2. The van der Waals surface area contributed by atoms with Gasteiger partial charge in [0, 0.05) is 38.2 Å². The zero-order valence-corrected chi connectivity index (χ0v) is 36.5. The number of nitrogens with zero attached hydrogens (tertiary/aromatic N) is 4. The molecule has 4 fully saturated rings. The standard InChI is InChI=1S/C26H36N2O.C23H34N2O.2ClH/c1-3-16-27(17-4-1)20-7-21-29-26-14-12-25(13-15-26)24-10-8-23(9-11-24)22-28-18-5-2-6-19-28;1-4-15-24(16-5-1)19-8-3-10-22-11-13-23(14-12-22)26-21-9-20-25-17-6-2-7-18-25;;/h8-15H,1-7,16-22H2;11-14H,1-2,4-9,15-21H2;2*1H. The second-order valence-corrected chi connectivity index (χ2v) is 16.2. The largest absolute Gasteiger partial charge is 0.494 e. The van der Waals surface area contributed by atoms with Gasteiger partial charge in [0.15, 0.2) is 0 Å². The summed E-state index contributed by atoms with van der Waals surface area (Å²) in [6.07, 6.45) is 19.7. The van der Waals surface area contributed by atoms with Gasteiger partial charge in [-0.05, 0) is 170 Å². The van der Waals surface area contributed by atoms with Crippen LogP contribution >= 0.6 is 24.8 Å². The summed E-state index contributed by atoms with van der Waals surface area (Å²) in [6.45, 7) is 16.2. The minimum absolute atomic E-state index is 0. The highest BCUT2D eigenvalue weighted by Gasteiger charge is 2.12. The van der Waals surface area contributed by atoms with Crippen molar-refractivity contribution in [3.63, 3.8) is 0 Å². The van der Waals surface area contributed by atoms with Gasteiger partial charge in [0.1, 0.15) is 11.5 Å². The summed E-state index contributed by atoms with van der Waals surface area (Å²) in [7, 11) is 0. The number of ether oxygens (including phenoxy) is 2. The maximum absolute atomic E-state index is 5.96. The molecule has 0 spiro atoms. The van der Waals surface area contributed by atoms with Crippen molar-refractivity contribution in [3.05, 3.63) is 83.9 Å². The third-order valence-electron chi connectivity index (χ3n) is 11.8. The zero-order chi connectivity index (χ0) is 37.6. The second kappa shape index (κ2) is 27.8. The fourth-order valence-electron chi connectivity index (χ4n) is 8.44. The molecule has 0 unspecified atom stereocenters. The topological polar surface area (TPSA) is 31.4 Å². The van der Waals surface area contributed by atoms with Gasteiger partial charge in [-0.15, -0.1) is 24.8 Å². The molecule has 314 valence electrons. The molecule has 0 amide bonds. The molecule has 6 nitrogen and oxygen atoms in total. The molecule has 4 aliphatic rings. The summed E-state index contributed by atoms with van der Waals surface area (Å²) in [6, 6.07) is 25.9. The van der Waals surface area contributed by atoms with Crippen LogP contribution in [-0.2, 0) is 6.54 Å². The molecule has 0 saturated carbocycles. The van der Waals surface area contributed by atoms with Crippen molar-refractivity contribution in [2.45, 2.75) is 103 Å². The summed E-state index contributed by atoms with van der Waals surface area (Å²) in [5.74, 6) is 8.54. The van der Waals surface area contributed by atoms with E-state index in [1.165, 1.54) is 159 Å². The number of hydrogen-bond acceptors (Lipinski definition) is 6. The monoisotopic (exact) mass is 819 g/mol. The van der Waals surface area contributed by atoms with Gasteiger partial charge in [-0.3, -0.25) is 4.90 Å². The van der Waals surface area contributed by atoms with Crippen LogP contribution in [0.25, 0.3) is 11.1 Å². The molecule has 3 aromatic carbocycles. The van der Waals surface area contributed by atoms with Crippen LogP contribution in [0.1, 0.15) is 107 Å². The molecule has 4 aliphatic heterocycles. The summed E-state index contributed by atoms with van der Waals surface area (Å²) in [4.78, 5) is 10.3. The van der Waals surface area contributed by atoms with E-state index in [9.17, 15) is 0 Å². The lowest BCUT2D eigenvalue weighted by Gasteiger charge is -2.26. The zero-order valence-electron chi connectivity index (χ0n) is 34.9. The molecule has 0 radical (unpaired) electrons. The third-order valence-corrected chi connectivity index (χ3v) is 11.8. The highest BCUT2D eigenvalue weighted by Crippen LogP contribution is 2.24. The number of likely N-dealkylation sites (tertiary alicyclic amines) is 4. The van der Waals surface area contributed by atoms with E-state index < -0.39 is 0 Å². The molecule has 8 heteroatoms. The lowest BCUT2D eigenvalue weighted by Crippen LogP contribution is -2.31. The fourth-order valence-corrected chi connectivity index (χ4v) is 8.44. The van der Waals surface area contributed by atoms with Crippen LogP contribution in [0.2, 0.25) is 0 Å². The summed E-state index contributed by atoms with van der Waals surface area (Å²) in [5, 5.41) is 0. The lowest BCUT2D eigenvalue weighted by molar-refractivity contribution is 0.205. The molecule has 0 aliphatic carbocycles. The average molecular weight is 820 g/mol. The quantitative estimate of drug-likeness (QED) is 0.112. The van der Waals surface area contributed by atoms with E-state index in [-0.39, 0.29) is 24.8 Å². The number of piperidine rings is 4. The molecule has 7 rings (SSSR count). The van der Waals surface area contributed by atoms with Crippen molar-refractivity contribution < 1.29 is 9.47 Å². The Bertz CT molecular complexity index is 1520. The molecule has 0 aromatic heterocycles. The minimum Gasteiger partial charge on any atom is -0.494 e. The van der Waals surface area contributed by atoms with Gasteiger partial charge in [0.05, 0.1) is 13.2 Å². The van der Waals surface area contributed by atoms with E-state index in [1.54, 1.807) is 0 Å². The number of rotatable bonds is 15. The first-order chi connectivity index (χ1) is 27.3. The first kappa shape index (κ1) is 46.9. The Labute approximate surface area is 358 Å². The van der Waals surface area contributed by atoms with Crippen molar-refractivity contribution in [3.8, 4) is 34.5 Å². The lowest BCUT2D eigenvalue weighted by atomic mass is 10.0. The van der Waals surface area contributed by atoms with Crippen LogP contribution in [0.4, 0.5) is 0 Å². The van der Waals surface area contributed by atoms with Gasteiger partial charge in [-0.1, -0.05) is 73.9 Å². The van der Waals surface area contributed by atoms with E-state index in [0.717, 1.165) is 62.6 Å². The average Bonchev–Trinajstić information content (AvgIpc) is 3.25. The van der Waals surface area contributed by atoms with E-state index in [4.69, 9.17) is 9.47 Å². The van der Waals surface area contributed by atoms with E-state index in [2.05, 4.69) is 104 Å². The smallest absolute Gasteiger partial charge is 0.119 e. The molecular formula is C49H72Cl2N4O2. The van der Waals surface area contributed by atoms with Crippen LogP contribution in [-0.4, -0.2) is 105 Å². The predicted octanol–water partition coefficient (Wildman–Crippen LogP) is 10.6. The van der Waals surface area contributed by atoms with Crippen molar-refractivity contribution in [1.82, 2.24) is 19.6 Å². The van der Waals surface area contributed by atoms with Gasteiger partial charge in [0.2, 0.25) is 0 Å². The maximum atomic E-state index is 5.96. The highest BCUT2D eigenvalue weighted by atomic mass is 35.5. The Hall–Kier alpha value is -2.76. The van der Waals surface area contributed by atoms with Crippen LogP contribution in [0, 0.1) is 11.8 Å². The van der Waals surface area contributed by atoms with E-state index >= 15 is 0 Å². The van der Waals surface area contributed by atoms with Gasteiger partial charge >= 0.3 is 0 Å². The van der Waals surface area contributed by atoms with Crippen molar-refractivity contribution in [1.29, 1.82) is 0 Å². The Balaban J connectivity index is 0.000000246. The van der Waals surface area contributed by atoms with Gasteiger partial charge in [-0.2, -0.15) is 0 Å². The summed E-state index contributed by atoms with van der Waals surface area (Å²) < 4.78 is 11.8. The van der Waals surface area contributed by atoms with Crippen LogP contribution < -0.4 is 9.47 Å². The first-order valence-electron chi connectivity index (χ1n) is 22.2. The maximum Gasteiger partial charge on any atom is 0.119 e. The van der Waals surface area contributed by atoms with Crippen molar-refractivity contribution >= 4 is 24.8 Å². The minimum atomic E-state index is 0. The molecular weight excluding hydrogens is 747 g/mol. The van der Waals surface area contributed by atoms with Crippen LogP contribution in [0.15, 0.2) is 72.8 Å². The highest BCUT2D eigenvalue weighted by molar-refractivity contribution is 5.85. The third kappa shape index (κ3) is 18.0. The van der Waals surface area contributed by atoms with Gasteiger partial charge in [-0.25, -0.2) is 0 Å². The second-order valence-electron chi connectivity index (χ2n) is 16.2. The molecule has 4 saturated heterocycles. The molecule has 0 N–H and O–H groups in total. The number of benzene rings is 3. The molecule has 57 heavy (non-hydrogen) atoms. The molecule has 4 heterocycles. The Morgan fingerprint density at radius 1 is 0.421 bits per heavy atom. The summed E-state index contributed by atoms with van der Waals surface area (Å²) in [5.41, 5.74) is 5.05. The Kier molecular flexibility index (Phi) is 22.9. The van der Waals surface area contributed by atoms with Crippen molar-refractivity contribution in [2.75, 3.05) is 85.2 Å². The van der Waals surface area contributed by atoms with E-state index in [1.807, 2.05) is 0 Å². The first-order valence-corrected chi connectivity index (χ1v) is 22.2. The fraction of sp³-hybridized carbons (Fsp3) is 0.592. The van der Waals surface area contributed by atoms with Gasteiger partial charge < -0.3 is 24.2 Å². The van der Waals surface area contributed by atoms with Crippen LogP contribution in [0.5, 0.6) is 11.5 Å². The normalized spacial score (nSPS) is 18.1. The predicted molar refractivity (Wildman–Crippen MR) is 245 cm³/mol. The van der Waals surface area contributed by atoms with Crippen LogP contribution in [0.3, 0.4) is 0 Å². The number of hydrogen-bond donors (Lipinski definition) is 0. The van der Waals surface area contributed by atoms with Crippen molar-refractivity contribution in [2.24, 2.45) is 0 Å².